The molecule has 1 unspecified atom stereocenters. The van der Waals surface area contributed by atoms with Gasteiger partial charge in [-0.05, 0) is 61.8 Å². The average Bonchev–Trinajstić information content (AvgIpc) is 3.44. The predicted molar refractivity (Wildman–Crippen MR) is 152 cm³/mol. The molecule has 2 aromatic carbocycles. The van der Waals surface area contributed by atoms with Crippen molar-refractivity contribution in [3.05, 3.63) is 93.5 Å². The van der Waals surface area contributed by atoms with Crippen LogP contribution in [0.5, 0.6) is 0 Å². The molecule has 2 aromatic heterocycles. The van der Waals surface area contributed by atoms with Crippen molar-refractivity contribution in [3.8, 4) is 17.2 Å². The number of ether oxygens (including phenoxy) is 1. The standard InChI is InChI=1S/C32H36N4O3/c1-3-6-30-29(19-23-9-11-24(12-10-23)28-8-5-4-7-25(28)20-33)32(38)35(31-17-18-34-36(30)31)26-13-15-27(16-14-26)39-21-22(2)37/h4-5,7-12,17-18,22,26-27,37H,3,6,13-16,19,21H2,1-2H3. The monoisotopic (exact) mass is 524 g/mol. The number of hydrogen-bond donors (Lipinski definition) is 1. The largest absolute Gasteiger partial charge is 0.391 e. The highest BCUT2D eigenvalue weighted by Crippen LogP contribution is 2.31. The molecule has 0 saturated heterocycles. The minimum Gasteiger partial charge on any atom is -0.391 e. The normalized spacial score (nSPS) is 18.2. The average molecular weight is 525 g/mol. The lowest BCUT2D eigenvalue weighted by atomic mass is 9.92. The third kappa shape index (κ3) is 5.68. The van der Waals surface area contributed by atoms with E-state index in [2.05, 4.69) is 30.2 Å². The molecular formula is C32H36N4O3. The van der Waals surface area contributed by atoms with Gasteiger partial charge in [0.1, 0.15) is 5.65 Å². The van der Waals surface area contributed by atoms with Crippen LogP contribution in [-0.4, -0.2) is 38.1 Å². The van der Waals surface area contributed by atoms with Crippen LogP contribution >= 0.6 is 0 Å². The minimum absolute atomic E-state index is 0.0682. The van der Waals surface area contributed by atoms with Crippen LogP contribution in [0.1, 0.15) is 74.4 Å². The third-order valence-electron chi connectivity index (χ3n) is 7.71. The summed E-state index contributed by atoms with van der Waals surface area (Å²) in [5, 5.41) is 23.7. The molecule has 1 atom stereocenters. The maximum absolute atomic E-state index is 14.2. The molecule has 202 valence electrons. The smallest absolute Gasteiger partial charge is 0.257 e. The van der Waals surface area contributed by atoms with Gasteiger partial charge >= 0.3 is 0 Å². The van der Waals surface area contributed by atoms with Crippen LogP contribution in [0.2, 0.25) is 0 Å². The first-order valence-electron chi connectivity index (χ1n) is 14.0. The molecule has 1 saturated carbocycles. The van der Waals surface area contributed by atoms with Gasteiger partial charge in [0, 0.05) is 24.1 Å². The van der Waals surface area contributed by atoms with Gasteiger partial charge < -0.3 is 9.84 Å². The van der Waals surface area contributed by atoms with E-state index < -0.39 is 6.10 Å². The van der Waals surface area contributed by atoms with Gasteiger partial charge in [0.25, 0.3) is 5.56 Å². The lowest BCUT2D eigenvalue weighted by molar-refractivity contribution is -0.0232. The Kier molecular flexibility index (Phi) is 8.25. The molecule has 7 heteroatoms. The van der Waals surface area contributed by atoms with Crippen molar-refractivity contribution >= 4 is 5.65 Å². The predicted octanol–water partition coefficient (Wildman–Crippen LogP) is 5.46. The van der Waals surface area contributed by atoms with Crippen molar-refractivity contribution in [2.24, 2.45) is 0 Å². The second-order valence-corrected chi connectivity index (χ2v) is 10.6. The number of benzene rings is 2. The van der Waals surface area contributed by atoms with Crippen molar-refractivity contribution < 1.29 is 9.84 Å². The van der Waals surface area contributed by atoms with Gasteiger partial charge in [0.15, 0.2) is 0 Å². The summed E-state index contributed by atoms with van der Waals surface area (Å²) in [6.45, 7) is 4.21. The molecule has 0 amide bonds. The van der Waals surface area contributed by atoms with Crippen LogP contribution < -0.4 is 5.56 Å². The highest BCUT2D eigenvalue weighted by molar-refractivity contribution is 5.70. The Morgan fingerprint density at radius 1 is 1.10 bits per heavy atom. The maximum atomic E-state index is 14.2. The lowest BCUT2D eigenvalue weighted by Gasteiger charge is -2.31. The summed E-state index contributed by atoms with van der Waals surface area (Å²) >= 11 is 0. The number of hydrogen-bond acceptors (Lipinski definition) is 5. The Labute approximate surface area is 229 Å². The second kappa shape index (κ2) is 12.0. The molecule has 5 rings (SSSR count). The van der Waals surface area contributed by atoms with E-state index in [-0.39, 0.29) is 17.7 Å². The van der Waals surface area contributed by atoms with E-state index >= 15 is 0 Å². The van der Waals surface area contributed by atoms with Crippen LogP contribution in [0.25, 0.3) is 16.8 Å². The number of aliphatic hydroxyl groups is 1. The van der Waals surface area contributed by atoms with Crippen molar-refractivity contribution in [3.63, 3.8) is 0 Å². The molecule has 0 aliphatic heterocycles. The van der Waals surface area contributed by atoms with Crippen LogP contribution in [0.15, 0.2) is 65.6 Å². The Bertz CT molecular complexity index is 1520. The first-order chi connectivity index (χ1) is 19.0. The Morgan fingerprint density at radius 2 is 1.85 bits per heavy atom. The SMILES string of the molecule is CCCc1c(Cc2ccc(-c3ccccc3C#N)cc2)c(=O)n(C2CCC(OCC(C)O)CC2)c2ccnn12. The summed E-state index contributed by atoms with van der Waals surface area (Å²) in [6.07, 6.45) is 7.08. The van der Waals surface area contributed by atoms with Crippen LogP contribution in [0.4, 0.5) is 0 Å². The Hall–Kier alpha value is -3.73. The van der Waals surface area contributed by atoms with Gasteiger partial charge in [-0.1, -0.05) is 55.8 Å². The number of aromatic nitrogens is 3. The van der Waals surface area contributed by atoms with Crippen LogP contribution in [0, 0.1) is 11.3 Å². The van der Waals surface area contributed by atoms with Gasteiger partial charge in [-0.2, -0.15) is 10.4 Å². The van der Waals surface area contributed by atoms with E-state index in [1.807, 2.05) is 51.5 Å². The van der Waals surface area contributed by atoms with E-state index in [4.69, 9.17) is 4.74 Å². The molecule has 0 bridgehead atoms. The van der Waals surface area contributed by atoms with Crippen LogP contribution in [-0.2, 0) is 17.6 Å². The van der Waals surface area contributed by atoms with Gasteiger partial charge in [0.2, 0.25) is 0 Å². The highest BCUT2D eigenvalue weighted by Gasteiger charge is 2.27. The van der Waals surface area contributed by atoms with Crippen molar-refractivity contribution in [1.29, 1.82) is 5.26 Å². The molecule has 0 radical (unpaired) electrons. The fourth-order valence-corrected chi connectivity index (χ4v) is 5.80. The summed E-state index contributed by atoms with van der Waals surface area (Å²) in [5.74, 6) is 0. The van der Waals surface area contributed by atoms with Gasteiger partial charge in [0.05, 0.1) is 42.3 Å². The molecule has 0 spiro atoms. The molecule has 1 aliphatic carbocycles. The minimum atomic E-state index is -0.472. The molecule has 2 heterocycles. The fraction of sp³-hybridized carbons (Fsp3) is 0.406. The molecule has 7 nitrogen and oxygen atoms in total. The zero-order valence-electron chi connectivity index (χ0n) is 22.7. The summed E-state index contributed by atoms with van der Waals surface area (Å²) < 4.78 is 9.80. The summed E-state index contributed by atoms with van der Waals surface area (Å²) in [5.41, 5.74) is 6.29. The van der Waals surface area contributed by atoms with Crippen LogP contribution in [0.3, 0.4) is 0 Å². The zero-order chi connectivity index (χ0) is 27.4. The van der Waals surface area contributed by atoms with E-state index in [1.54, 1.807) is 13.1 Å². The first kappa shape index (κ1) is 26.9. The summed E-state index contributed by atoms with van der Waals surface area (Å²) in [4.78, 5) is 14.2. The Morgan fingerprint density at radius 3 is 2.54 bits per heavy atom. The molecule has 1 fully saturated rings. The van der Waals surface area contributed by atoms with Crippen molar-refractivity contribution in [1.82, 2.24) is 14.2 Å². The number of nitrogens with zero attached hydrogens (tertiary/aromatic N) is 4. The topological polar surface area (TPSA) is 92.5 Å². The molecule has 1 N–H and O–H groups in total. The summed E-state index contributed by atoms with van der Waals surface area (Å²) in [6, 6.07) is 20.1. The number of aliphatic hydroxyl groups excluding tert-OH is 1. The van der Waals surface area contributed by atoms with Gasteiger partial charge in [-0.15, -0.1) is 0 Å². The molecule has 39 heavy (non-hydrogen) atoms. The first-order valence-corrected chi connectivity index (χ1v) is 14.0. The van der Waals surface area contributed by atoms with E-state index in [1.165, 1.54) is 0 Å². The molecule has 1 aliphatic rings. The number of rotatable bonds is 9. The fourth-order valence-electron chi connectivity index (χ4n) is 5.80. The van der Waals surface area contributed by atoms with Gasteiger partial charge in [-0.25, -0.2) is 4.52 Å². The highest BCUT2D eigenvalue weighted by atomic mass is 16.5. The van der Waals surface area contributed by atoms with E-state index in [9.17, 15) is 15.2 Å². The molecular weight excluding hydrogens is 488 g/mol. The lowest BCUT2D eigenvalue weighted by Crippen LogP contribution is -2.35. The zero-order valence-corrected chi connectivity index (χ0v) is 22.7. The Balaban J connectivity index is 1.47. The maximum Gasteiger partial charge on any atom is 0.257 e. The van der Waals surface area contributed by atoms with Gasteiger partial charge in [-0.3, -0.25) is 9.36 Å². The number of aryl methyl sites for hydroxylation is 1. The third-order valence-corrected chi connectivity index (χ3v) is 7.71. The number of nitriles is 1. The van der Waals surface area contributed by atoms with Crippen molar-refractivity contribution in [2.45, 2.75) is 77.0 Å². The van der Waals surface area contributed by atoms with E-state index in [0.717, 1.165) is 72.1 Å². The summed E-state index contributed by atoms with van der Waals surface area (Å²) in [7, 11) is 0. The van der Waals surface area contributed by atoms with Crippen molar-refractivity contribution in [2.75, 3.05) is 6.61 Å². The quantitative estimate of drug-likeness (QED) is 0.314. The number of fused-ring (bicyclic) bond motifs is 1. The van der Waals surface area contributed by atoms with E-state index in [0.29, 0.717) is 18.6 Å². The second-order valence-electron chi connectivity index (χ2n) is 10.6. The molecule has 4 aromatic rings.